The van der Waals surface area contributed by atoms with Gasteiger partial charge in [-0.2, -0.15) is 0 Å². The van der Waals surface area contributed by atoms with Crippen LogP contribution in [0, 0.1) is 0 Å². The molecule has 0 spiro atoms. The molecule has 0 atom stereocenters. The average molecular weight is 382 g/mol. The summed E-state index contributed by atoms with van der Waals surface area (Å²) in [6, 6.07) is 10.4. The monoisotopic (exact) mass is 381 g/mol. The Kier molecular flexibility index (Phi) is 4.14. The SMILES string of the molecule is CN1CCc2c(c3cc(Cl)ccc3n2CCc2ccc(=O)n(C3CC3)c2)C1. The first-order valence-electron chi connectivity index (χ1n) is 9.79. The van der Waals surface area contributed by atoms with Crippen LogP contribution in [0.25, 0.3) is 10.9 Å². The number of fused-ring (bicyclic) bond motifs is 3. The molecule has 27 heavy (non-hydrogen) atoms. The number of hydrogen-bond donors (Lipinski definition) is 0. The number of hydrogen-bond acceptors (Lipinski definition) is 2. The van der Waals surface area contributed by atoms with Crippen molar-refractivity contribution in [3.05, 3.63) is 68.7 Å². The van der Waals surface area contributed by atoms with E-state index in [1.807, 2.05) is 16.7 Å². The number of halogens is 1. The minimum atomic E-state index is 0.128. The molecule has 1 saturated carbocycles. The zero-order valence-electron chi connectivity index (χ0n) is 15.6. The van der Waals surface area contributed by atoms with Gasteiger partial charge in [-0.05, 0) is 55.6 Å². The number of aromatic nitrogens is 2. The second-order valence-corrected chi connectivity index (χ2v) is 8.43. The van der Waals surface area contributed by atoms with E-state index in [1.54, 1.807) is 6.07 Å². The van der Waals surface area contributed by atoms with E-state index < -0.39 is 0 Å². The molecule has 0 unspecified atom stereocenters. The first kappa shape index (κ1) is 17.1. The minimum Gasteiger partial charge on any atom is -0.344 e. The summed E-state index contributed by atoms with van der Waals surface area (Å²) < 4.78 is 4.40. The molecule has 0 N–H and O–H groups in total. The van der Waals surface area contributed by atoms with Crippen molar-refractivity contribution in [1.29, 1.82) is 0 Å². The molecule has 5 heteroatoms. The van der Waals surface area contributed by atoms with Gasteiger partial charge in [0.25, 0.3) is 5.56 Å². The van der Waals surface area contributed by atoms with Gasteiger partial charge in [-0.1, -0.05) is 17.7 Å². The van der Waals surface area contributed by atoms with Crippen molar-refractivity contribution in [1.82, 2.24) is 14.0 Å². The van der Waals surface area contributed by atoms with E-state index >= 15 is 0 Å². The Morgan fingerprint density at radius 3 is 2.85 bits per heavy atom. The van der Waals surface area contributed by atoms with Crippen molar-refractivity contribution < 1.29 is 0 Å². The fraction of sp³-hybridized carbons (Fsp3) is 0.409. The molecular weight excluding hydrogens is 358 g/mol. The summed E-state index contributed by atoms with van der Waals surface area (Å²) in [4.78, 5) is 14.4. The van der Waals surface area contributed by atoms with Crippen LogP contribution in [0.4, 0.5) is 0 Å². The number of pyridine rings is 1. The molecule has 1 fully saturated rings. The van der Waals surface area contributed by atoms with Gasteiger partial charge in [0.1, 0.15) is 0 Å². The van der Waals surface area contributed by atoms with E-state index in [4.69, 9.17) is 11.6 Å². The number of likely N-dealkylation sites (N-methyl/N-ethyl adjacent to an activating group) is 1. The van der Waals surface area contributed by atoms with E-state index in [-0.39, 0.29) is 5.56 Å². The largest absolute Gasteiger partial charge is 0.344 e. The number of rotatable bonds is 4. The highest BCUT2D eigenvalue weighted by atomic mass is 35.5. The quantitative estimate of drug-likeness (QED) is 0.683. The highest BCUT2D eigenvalue weighted by Crippen LogP contribution is 2.34. The van der Waals surface area contributed by atoms with Crippen LogP contribution in [0.2, 0.25) is 5.02 Å². The molecule has 4 nitrogen and oxygen atoms in total. The summed E-state index contributed by atoms with van der Waals surface area (Å²) >= 11 is 6.29. The maximum absolute atomic E-state index is 12.1. The van der Waals surface area contributed by atoms with Gasteiger partial charge in [-0.25, -0.2) is 0 Å². The van der Waals surface area contributed by atoms with Gasteiger partial charge in [0.2, 0.25) is 0 Å². The third kappa shape index (κ3) is 3.11. The van der Waals surface area contributed by atoms with Crippen LogP contribution >= 0.6 is 11.6 Å². The Morgan fingerprint density at radius 2 is 2.04 bits per heavy atom. The zero-order valence-corrected chi connectivity index (χ0v) is 16.4. The van der Waals surface area contributed by atoms with Gasteiger partial charge in [0, 0.05) is 66.0 Å². The zero-order chi connectivity index (χ0) is 18.5. The van der Waals surface area contributed by atoms with Crippen LogP contribution < -0.4 is 5.56 Å². The number of benzene rings is 1. The van der Waals surface area contributed by atoms with Crippen LogP contribution in [0.1, 0.15) is 35.7 Å². The molecule has 2 aromatic heterocycles. The van der Waals surface area contributed by atoms with E-state index in [1.165, 1.54) is 27.7 Å². The Bertz CT molecular complexity index is 1080. The van der Waals surface area contributed by atoms with Gasteiger partial charge < -0.3 is 14.0 Å². The first-order valence-corrected chi connectivity index (χ1v) is 10.2. The summed E-state index contributed by atoms with van der Waals surface area (Å²) in [5.74, 6) is 0. The van der Waals surface area contributed by atoms with Crippen molar-refractivity contribution >= 4 is 22.5 Å². The molecule has 1 aliphatic carbocycles. The molecule has 0 radical (unpaired) electrons. The van der Waals surface area contributed by atoms with E-state index in [9.17, 15) is 4.79 Å². The van der Waals surface area contributed by atoms with Crippen molar-refractivity contribution in [3.8, 4) is 0 Å². The van der Waals surface area contributed by atoms with E-state index in [2.05, 4.69) is 34.8 Å². The molecule has 1 aliphatic heterocycles. The standard InChI is InChI=1S/C22H24ClN3O/c1-24-10-9-21-19(14-24)18-12-16(23)3-6-20(18)25(21)11-8-15-2-7-22(27)26(13-15)17-4-5-17/h2-3,6-7,12-13,17H,4-5,8-11,14H2,1H3. The van der Waals surface area contributed by atoms with Gasteiger partial charge in [0.05, 0.1) is 0 Å². The normalized spacial score (nSPS) is 17.4. The Hall–Kier alpha value is -2.04. The summed E-state index contributed by atoms with van der Waals surface area (Å²) in [6.45, 7) is 3.00. The fourth-order valence-electron chi connectivity index (χ4n) is 4.39. The van der Waals surface area contributed by atoms with Crippen molar-refractivity contribution in [3.63, 3.8) is 0 Å². The Morgan fingerprint density at radius 1 is 1.19 bits per heavy atom. The van der Waals surface area contributed by atoms with Crippen LogP contribution in [0.15, 0.2) is 41.3 Å². The van der Waals surface area contributed by atoms with Gasteiger partial charge in [-0.3, -0.25) is 4.79 Å². The lowest BCUT2D eigenvalue weighted by Crippen LogP contribution is -2.27. The van der Waals surface area contributed by atoms with Crippen molar-refractivity contribution in [2.45, 2.75) is 44.8 Å². The topological polar surface area (TPSA) is 30.2 Å². The molecule has 1 aromatic carbocycles. The lowest BCUT2D eigenvalue weighted by molar-refractivity contribution is 0.309. The molecule has 0 amide bonds. The smallest absolute Gasteiger partial charge is 0.250 e. The Balaban J connectivity index is 1.50. The predicted octanol–water partition coefficient (Wildman–Crippen LogP) is 4.02. The molecule has 5 rings (SSSR count). The van der Waals surface area contributed by atoms with Crippen LogP contribution in [-0.4, -0.2) is 27.6 Å². The van der Waals surface area contributed by atoms with Crippen LogP contribution in [0.5, 0.6) is 0 Å². The molecule has 0 bridgehead atoms. The summed E-state index contributed by atoms with van der Waals surface area (Å²) in [6.07, 6.45) is 6.34. The molecule has 3 aromatic rings. The molecule has 3 heterocycles. The molecule has 2 aliphatic rings. The average Bonchev–Trinajstić information content (AvgIpc) is 3.45. The molecule has 140 valence electrons. The third-order valence-electron chi connectivity index (χ3n) is 5.97. The maximum atomic E-state index is 12.1. The second kappa shape index (κ2) is 6.54. The number of aryl methyl sites for hydroxylation is 2. The second-order valence-electron chi connectivity index (χ2n) is 7.99. The number of nitrogens with zero attached hydrogens (tertiary/aromatic N) is 3. The lowest BCUT2D eigenvalue weighted by atomic mass is 10.1. The minimum absolute atomic E-state index is 0.128. The highest BCUT2D eigenvalue weighted by Gasteiger charge is 2.25. The maximum Gasteiger partial charge on any atom is 0.250 e. The summed E-state index contributed by atoms with van der Waals surface area (Å²) in [5.41, 5.74) is 5.50. The Labute approximate surface area is 164 Å². The first-order chi connectivity index (χ1) is 13.1. The van der Waals surface area contributed by atoms with Gasteiger partial charge in [0.15, 0.2) is 0 Å². The van der Waals surface area contributed by atoms with Crippen molar-refractivity contribution in [2.75, 3.05) is 13.6 Å². The van der Waals surface area contributed by atoms with E-state index in [0.29, 0.717) is 6.04 Å². The van der Waals surface area contributed by atoms with E-state index in [0.717, 1.165) is 50.3 Å². The van der Waals surface area contributed by atoms with Gasteiger partial charge >= 0.3 is 0 Å². The fourth-order valence-corrected chi connectivity index (χ4v) is 4.56. The summed E-state index contributed by atoms with van der Waals surface area (Å²) in [7, 11) is 2.18. The predicted molar refractivity (Wildman–Crippen MR) is 110 cm³/mol. The summed E-state index contributed by atoms with van der Waals surface area (Å²) in [5, 5.41) is 2.08. The lowest BCUT2D eigenvalue weighted by Gasteiger charge is -2.24. The molecular formula is C22H24ClN3O. The van der Waals surface area contributed by atoms with Crippen LogP contribution in [0.3, 0.4) is 0 Å². The van der Waals surface area contributed by atoms with Gasteiger partial charge in [-0.15, -0.1) is 0 Å². The van der Waals surface area contributed by atoms with Crippen LogP contribution in [-0.2, 0) is 25.9 Å². The van der Waals surface area contributed by atoms with Crippen molar-refractivity contribution in [2.24, 2.45) is 0 Å². The molecule has 0 saturated heterocycles. The third-order valence-corrected chi connectivity index (χ3v) is 6.21. The highest BCUT2D eigenvalue weighted by molar-refractivity contribution is 6.31.